The summed E-state index contributed by atoms with van der Waals surface area (Å²) in [6.45, 7) is 4.12. The highest BCUT2D eigenvalue weighted by Crippen LogP contribution is 2.18. The summed E-state index contributed by atoms with van der Waals surface area (Å²) in [6, 6.07) is 0. The molecule has 2 aliphatic rings. The molecule has 3 N–H and O–H groups in total. The molecule has 1 saturated heterocycles. The second-order valence-corrected chi connectivity index (χ2v) is 4.35. The summed E-state index contributed by atoms with van der Waals surface area (Å²) >= 11 is 0. The lowest BCUT2D eigenvalue weighted by molar-refractivity contribution is -0.192. The van der Waals surface area contributed by atoms with Crippen molar-refractivity contribution in [3.63, 3.8) is 0 Å². The number of piperidine rings is 1. The number of rotatable bonds is 1. The molecular formula is C9H16F3N5O2. The number of halogens is 3. The van der Waals surface area contributed by atoms with Gasteiger partial charge in [0.2, 0.25) is 0 Å². The number of nitrogens with zero attached hydrogens (tertiary/aromatic N) is 3. The van der Waals surface area contributed by atoms with Crippen LogP contribution in [0.5, 0.6) is 0 Å². The van der Waals surface area contributed by atoms with Gasteiger partial charge in [0.25, 0.3) is 0 Å². The summed E-state index contributed by atoms with van der Waals surface area (Å²) in [5, 5.41) is 20.2. The van der Waals surface area contributed by atoms with E-state index < -0.39 is 12.1 Å². The van der Waals surface area contributed by atoms with Crippen LogP contribution in [0.25, 0.3) is 0 Å². The smallest absolute Gasteiger partial charge is 0.475 e. The topological polar surface area (TPSA) is 89.3 Å². The highest BCUT2D eigenvalue weighted by molar-refractivity contribution is 5.73. The van der Waals surface area contributed by atoms with Crippen LogP contribution < -0.4 is 10.7 Å². The second kappa shape index (κ2) is 6.55. The Morgan fingerprint density at radius 1 is 1.47 bits per heavy atom. The van der Waals surface area contributed by atoms with Gasteiger partial charge in [-0.05, 0) is 25.3 Å². The van der Waals surface area contributed by atoms with Gasteiger partial charge in [-0.2, -0.15) is 13.2 Å². The van der Waals surface area contributed by atoms with Crippen molar-refractivity contribution in [2.45, 2.75) is 32.1 Å². The third kappa shape index (κ3) is 5.28. The van der Waals surface area contributed by atoms with Gasteiger partial charge in [-0.15, -0.1) is 0 Å². The summed E-state index contributed by atoms with van der Waals surface area (Å²) in [7, 11) is 0. The highest BCUT2D eigenvalue weighted by atomic mass is 19.4. The molecule has 110 valence electrons. The van der Waals surface area contributed by atoms with E-state index in [1.165, 1.54) is 12.8 Å². The predicted molar refractivity (Wildman–Crippen MR) is 58.6 cm³/mol. The third-order valence-corrected chi connectivity index (χ3v) is 2.71. The van der Waals surface area contributed by atoms with Gasteiger partial charge in [-0.3, -0.25) is 10.7 Å². The van der Waals surface area contributed by atoms with E-state index in [0.29, 0.717) is 6.17 Å². The van der Waals surface area contributed by atoms with Crippen LogP contribution in [-0.4, -0.2) is 41.6 Å². The molecule has 0 radical (unpaired) electrons. The summed E-state index contributed by atoms with van der Waals surface area (Å²) < 4.78 is 31.7. The molecule has 2 aliphatic heterocycles. The zero-order chi connectivity index (χ0) is 14.5. The SMILES string of the molecule is C[C@H]1CCN[C@H](N2CNN=N2)C1.O=C(O)C(F)(F)F. The Morgan fingerprint density at radius 3 is 2.53 bits per heavy atom. The minimum Gasteiger partial charge on any atom is -0.475 e. The Hall–Kier alpha value is -1.58. The van der Waals surface area contributed by atoms with E-state index in [0.717, 1.165) is 19.1 Å². The number of hydrogen-bond acceptors (Lipinski definition) is 6. The first-order valence-corrected chi connectivity index (χ1v) is 5.74. The van der Waals surface area contributed by atoms with Crippen molar-refractivity contribution >= 4 is 5.97 Å². The van der Waals surface area contributed by atoms with Gasteiger partial charge in [-0.1, -0.05) is 17.4 Å². The fourth-order valence-electron chi connectivity index (χ4n) is 1.70. The minimum absolute atomic E-state index is 0.382. The molecule has 0 aromatic heterocycles. The predicted octanol–water partition coefficient (Wildman–Crippen LogP) is 1.11. The molecule has 0 spiro atoms. The van der Waals surface area contributed by atoms with Crippen molar-refractivity contribution in [2.75, 3.05) is 13.2 Å². The fourth-order valence-corrected chi connectivity index (χ4v) is 1.70. The second-order valence-electron chi connectivity index (χ2n) is 4.35. The molecule has 2 rings (SSSR count). The third-order valence-electron chi connectivity index (χ3n) is 2.71. The van der Waals surface area contributed by atoms with Crippen LogP contribution in [0.3, 0.4) is 0 Å². The average molecular weight is 283 g/mol. The highest BCUT2D eigenvalue weighted by Gasteiger charge is 2.38. The molecule has 0 unspecified atom stereocenters. The van der Waals surface area contributed by atoms with Gasteiger partial charge >= 0.3 is 12.1 Å². The molecule has 1 fully saturated rings. The lowest BCUT2D eigenvalue weighted by Gasteiger charge is -2.32. The monoisotopic (exact) mass is 283 g/mol. The van der Waals surface area contributed by atoms with Crippen molar-refractivity contribution < 1.29 is 23.1 Å². The van der Waals surface area contributed by atoms with Crippen LogP contribution in [0.15, 0.2) is 10.4 Å². The lowest BCUT2D eigenvalue weighted by atomic mass is 9.98. The van der Waals surface area contributed by atoms with Crippen molar-refractivity contribution in [3.05, 3.63) is 0 Å². The van der Waals surface area contributed by atoms with Crippen molar-refractivity contribution in [2.24, 2.45) is 16.4 Å². The summed E-state index contributed by atoms with van der Waals surface area (Å²) in [5.41, 5.74) is 2.83. The van der Waals surface area contributed by atoms with Gasteiger partial charge in [0.05, 0.1) is 0 Å². The molecule has 2 atom stereocenters. The Kier molecular flexibility index (Phi) is 5.33. The Balaban J connectivity index is 0.000000224. The van der Waals surface area contributed by atoms with Crippen LogP contribution in [0.1, 0.15) is 19.8 Å². The number of aliphatic carboxylic acids is 1. The molecule has 10 heteroatoms. The molecule has 7 nitrogen and oxygen atoms in total. The Bertz CT molecular complexity index is 336. The zero-order valence-corrected chi connectivity index (χ0v) is 10.3. The van der Waals surface area contributed by atoms with E-state index >= 15 is 0 Å². The molecule has 0 aromatic carbocycles. The standard InChI is InChI=1S/C7H15N5.C2HF3O2/c1-6-2-3-8-7(4-6)12-5-9-10-11-12;3-2(4,5)1(6)7/h6-8H,2-5H2,1H3,(H,9,11);(H,6,7)/t6-,7+;/m0./s1. The Labute approximate surface area is 107 Å². The molecule has 0 amide bonds. The average Bonchev–Trinajstić information content (AvgIpc) is 2.81. The zero-order valence-electron chi connectivity index (χ0n) is 10.3. The van der Waals surface area contributed by atoms with Gasteiger partial charge in [-0.25, -0.2) is 9.80 Å². The number of carboxylic acids is 1. The normalized spacial score (nSPS) is 26.4. The van der Waals surface area contributed by atoms with E-state index in [9.17, 15) is 13.2 Å². The van der Waals surface area contributed by atoms with Gasteiger partial charge in [0.15, 0.2) is 0 Å². The summed E-state index contributed by atoms with van der Waals surface area (Å²) in [6.07, 6.45) is -2.26. The van der Waals surface area contributed by atoms with E-state index in [-0.39, 0.29) is 0 Å². The number of carboxylic acid groups (broad SMARTS) is 1. The summed E-state index contributed by atoms with van der Waals surface area (Å²) in [4.78, 5) is 8.90. The first-order chi connectivity index (χ1) is 8.80. The van der Waals surface area contributed by atoms with Crippen molar-refractivity contribution in [1.29, 1.82) is 0 Å². The minimum atomic E-state index is -5.08. The Morgan fingerprint density at radius 2 is 2.11 bits per heavy atom. The van der Waals surface area contributed by atoms with E-state index in [2.05, 4.69) is 28.1 Å². The van der Waals surface area contributed by atoms with Crippen LogP contribution in [0.2, 0.25) is 0 Å². The molecule has 0 saturated carbocycles. The van der Waals surface area contributed by atoms with Crippen molar-refractivity contribution in [1.82, 2.24) is 15.8 Å². The van der Waals surface area contributed by atoms with E-state index in [4.69, 9.17) is 9.90 Å². The quantitative estimate of drug-likeness (QED) is 0.671. The number of carbonyl (C=O) groups is 1. The van der Waals surface area contributed by atoms with E-state index in [1.807, 2.05) is 5.01 Å². The van der Waals surface area contributed by atoms with Crippen LogP contribution in [0, 0.1) is 5.92 Å². The molecule has 0 bridgehead atoms. The first kappa shape index (κ1) is 15.5. The maximum atomic E-state index is 10.6. The number of alkyl halides is 3. The van der Waals surface area contributed by atoms with E-state index in [1.54, 1.807) is 0 Å². The molecule has 19 heavy (non-hydrogen) atoms. The summed E-state index contributed by atoms with van der Waals surface area (Å²) in [5.74, 6) is -1.96. The maximum Gasteiger partial charge on any atom is 0.490 e. The largest absolute Gasteiger partial charge is 0.490 e. The molecular weight excluding hydrogens is 267 g/mol. The van der Waals surface area contributed by atoms with Gasteiger partial charge < -0.3 is 5.11 Å². The van der Waals surface area contributed by atoms with Crippen LogP contribution in [-0.2, 0) is 4.79 Å². The van der Waals surface area contributed by atoms with Crippen LogP contribution in [0.4, 0.5) is 13.2 Å². The lowest BCUT2D eigenvalue weighted by Crippen LogP contribution is -2.47. The number of nitrogens with one attached hydrogen (secondary N) is 2. The maximum absolute atomic E-state index is 10.6. The molecule has 2 heterocycles. The van der Waals surface area contributed by atoms with Crippen LogP contribution >= 0.6 is 0 Å². The van der Waals surface area contributed by atoms with Crippen molar-refractivity contribution in [3.8, 4) is 0 Å². The number of hydrogen-bond donors (Lipinski definition) is 3. The van der Waals surface area contributed by atoms with Gasteiger partial charge in [0.1, 0.15) is 12.8 Å². The first-order valence-electron chi connectivity index (χ1n) is 5.74. The molecule has 0 aliphatic carbocycles. The fraction of sp³-hybridized carbons (Fsp3) is 0.889. The molecule has 0 aromatic rings. The van der Waals surface area contributed by atoms with Gasteiger partial charge in [0, 0.05) is 0 Å².